The van der Waals surface area contributed by atoms with Crippen LogP contribution in [0.15, 0.2) is 29.6 Å². The molecule has 0 saturated heterocycles. The van der Waals surface area contributed by atoms with E-state index in [2.05, 4.69) is 29.2 Å². The van der Waals surface area contributed by atoms with Gasteiger partial charge in [0.1, 0.15) is 0 Å². The van der Waals surface area contributed by atoms with Crippen molar-refractivity contribution in [3.05, 3.63) is 51.5 Å². The Bertz CT molecular complexity index is 591. The van der Waals surface area contributed by atoms with Gasteiger partial charge in [-0.25, -0.2) is 9.78 Å². The van der Waals surface area contributed by atoms with E-state index in [-0.39, 0.29) is 5.69 Å². The van der Waals surface area contributed by atoms with Crippen LogP contribution < -0.4 is 0 Å². The number of aromatic nitrogens is 1. The van der Waals surface area contributed by atoms with Gasteiger partial charge in [0.05, 0.1) is 5.01 Å². The average Bonchev–Trinajstić information content (AvgIpc) is 2.88. The van der Waals surface area contributed by atoms with Crippen LogP contribution in [0, 0.1) is 0 Å². The Morgan fingerprint density at radius 3 is 2.83 bits per heavy atom. The summed E-state index contributed by atoms with van der Waals surface area (Å²) in [7, 11) is 0. The fourth-order valence-corrected chi connectivity index (χ4v) is 3.41. The van der Waals surface area contributed by atoms with Crippen LogP contribution in [0.5, 0.6) is 0 Å². The summed E-state index contributed by atoms with van der Waals surface area (Å²) >= 11 is 1.47. The van der Waals surface area contributed by atoms with Crippen molar-refractivity contribution in [2.24, 2.45) is 0 Å². The van der Waals surface area contributed by atoms with Gasteiger partial charge in [-0.15, -0.1) is 11.3 Å². The number of rotatable bonds is 2. The summed E-state index contributed by atoms with van der Waals surface area (Å²) in [5.74, 6) is -0.563. The summed E-state index contributed by atoms with van der Waals surface area (Å²) in [6, 6.07) is 8.47. The number of nitrogens with zero attached hydrogens (tertiary/aromatic N) is 1. The molecule has 2 aromatic rings. The highest BCUT2D eigenvalue weighted by atomic mass is 32.1. The van der Waals surface area contributed by atoms with Gasteiger partial charge in [0.15, 0.2) is 5.69 Å². The van der Waals surface area contributed by atoms with Crippen LogP contribution in [0.4, 0.5) is 0 Å². The van der Waals surface area contributed by atoms with Gasteiger partial charge in [-0.05, 0) is 30.4 Å². The molecule has 18 heavy (non-hydrogen) atoms. The molecular weight excluding hydrogens is 246 g/mol. The first-order valence-electron chi connectivity index (χ1n) is 5.99. The number of carbonyl (C=O) groups is 1. The lowest BCUT2D eigenvalue weighted by Crippen LogP contribution is -2.12. The summed E-state index contributed by atoms with van der Waals surface area (Å²) in [5, 5.41) is 11.5. The molecule has 0 spiro atoms. The van der Waals surface area contributed by atoms with E-state index in [1.807, 2.05) is 0 Å². The SMILES string of the molecule is O=C(O)c1csc(C2CCc3ccccc3C2)n1. The van der Waals surface area contributed by atoms with E-state index in [1.54, 1.807) is 5.38 Å². The normalized spacial score (nSPS) is 18.3. The minimum Gasteiger partial charge on any atom is -0.476 e. The predicted octanol–water partition coefficient (Wildman–Crippen LogP) is 3.11. The second-order valence-electron chi connectivity index (χ2n) is 4.58. The number of carboxylic acids is 1. The van der Waals surface area contributed by atoms with Crippen molar-refractivity contribution in [3.63, 3.8) is 0 Å². The number of carboxylic acid groups (broad SMARTS) is 1. The van der Waals surface area contributed by atoms with Crippen LogP contribution in [0.2, 0.25) is 0 Å². The number of aromatic carboxylic acids is 1. The van der Waals surface area contributed by atoms with Crippen molar-refractivity contribution in [1.82, 2.24) is 4.98 Å². The summed E-state index contributed by atoms with van der Waals surface area (Å²) in [5.41, 5.74) is 2.97. The Hall–Kier alpha value is -1.68. The first kappa shape index (κ1) is 11.4. The largest absolute Gasteiger partial charge is 0.476 e. The number of hydrogen-bond donors (Lipinski definition) is 1. The monoisotopic (exact) mass is 259 g/mol. The van der Waals surface area contributed by atoms with Crippen molar-refractivity contribution >= 4 is 17.3 Å². The van der Waals surface area contributed by atoms with E-state index in [9.17, 15) is 4.79 Å². The van der Waals surface area contributed by atoms with Crippen molar-refractivity contribution < 1.29 is 9.90 Å². The number of fused-ring (bicyclic) bond motifs is 1. The van der Waals surface area contributed by atoms with Gasteiger partial charge in [0.2, 0.25) is 0 Å². The smallest absolute Gasteiger partial charge is 0.355 e. The molecule has 0 fully saturated rings. The maximum absolute atomic E-state index is 10.8. The first-order chi connectivity index (χ1) is 8.74. The topological polar surface area (TPSA) is 50.2 Å². The van der Waals surface area contributed by atoms with E-state index < -0.39 is 5.97 Å². The molecule has 0 amide bonds. The van der Waals surface area contributed by atoms with Crippen LogP contribution in [-0.4, -0.2) is 16.1 Å². The highest BCUT2D eigenvalue weighted by molar-refractivity contribution is 7.09. The molecule has 3 nitrogen and oxygen atoms in total. The highest BCUT2D eigenvalue weighted by Crippen LogP contribution is 2.33. The summed E-state index contributed by atoms with van der Waals surface area (Å²) in [6.45, 7) is 0. The van der Waals surface area contributed by atoms with Gasteiger partial charge in [-0.1, -0.05) is 24.3 Å². The molecule has 4 heteroatoms. The highest BCUT2D eigenvalue weighted by Gasteiger charge is 2.23. The Morgan fingerprint density at radius 2 is 2.11 bits per heavy atom. The van der Waals surface area contributed by atoms with Gasteiger partial charge in [-0.3, -0.25) is 0 Å². The van der Waals surface area contributed by atoms with Crippen molar-refractivity contribution in [1.29, 1.82) is 0 Å². The summed E-state index contributed by atoms with van der Waals surface area (Å²) in [4.78, 5) is 15.1. The molecule has 1 aliphatic rings. The molecule has 3 rings (SSSR count). The minimum absolute atomic E-state index is 0.175. The van der Waals surface area contributed by atoms with Crippen molar-refractivity contribution in [3.8, 4) is 0 Å². The fraction of sp³-hybridized carbons (Fsp3) is 0.286. The average molecular weight is 259 g/mol. The minimum atomic E-state index is -0.936. The molecule has 1 unspecified atom stereocenters. The Balaban J connectivity index is 1.85. The Morgan fingerprint density at radius 1 is 1.33 bits per heavy atom. The molecule has 0 bridgehead atoms. The van der Waals surface area contributed by atoms with Crippen LogP contribution >= 0.6 is 11.3 Å². The zero-order valence-corrected chi connectivity index (χ0v) is 10.6. The van der Waals surface area contributed by atoms with Crippen LogP contribution in [0.1, 0.15) is 39.0 Å². The quantitative estimate of drug-likeness (QED) is 0.901. The lowest BCUT2D eigenvalue weighted by atomic mass is 9.84. The maximum atomic E-state index is 10.8. The van der Waals surface area contributed by atoms with Crippen LogP contribution in [0.25, 0.3) is 0 Å². The molecule has 1 aromatic heterocycles. The second-order valence-corrected chi connectivity index (χ2v) is 5.47. The zero-order chi connectivity index (χ0) is 12.5. The third-order valence-corrected chi connectivity index (χ3v) is 4.44. The zero-order valence-electron chi connectivity index (χ0n) is 9.80. The van der Waals surface area contributed by atoms with Crippen molar-refractivity contribution in [2.75, 3.05) is 0 Å². The number of thiazole rings is 1. The van der Waals surface area contributed by atoms with E-state index in [0.29, 0.717) is 5.92 Å². The summed E-state index contributed by atoms with van der Waals surface area (Å²) < 4.78 is 0. The molecule has 0 radical (unpaired) electrons. The van der Waals surface area contributed by atoms with E-state index in [1.165, 1.54) is 22.5 Å². The van der Waals surface area contributed by atoms with Gasteiger partial charge in [-0.2, -0.15) is 0 Å². The molecule has 1 N–H and O–H groups in total. The number of benzene rings is 1. The number of aryl methyl sites for hydroxylation is 1. The third-order valence-electron chi connectivity index (χ3n) is 3.44. The molecular formula is C14H13NO2S. The standard InChI is InChI=1S/C14H13NO2S/c16-14(17)12-8-18-13(15-12)11-6-5-9-3-1-2-4-10(9)7-11/h1-4,8,11H,5-7H2,(H,16,17). The van der Waals surface area contributed by atoms with E-state index in [4.69, 9.17) is 5.11 Å². The van der Waals surface area contributed by atoms with Gasteiger partial charge < -0.3 is 5.11 Å². The van der Waals surface area contributed by atoms with E-state index in [0.717, 1.165) is 24.3 Å². The van der Waals surface area contributed by atoms with Gasteiger partial charge in [0.25, 0.3) is 0 Å². The molecule has 0 aliphatic heterocycles. The molecule has 1 aliphatic carbocycles. The van der Waals surface area contributed by atoms with Crippen LogP contribution in [-0.2, 0) is 12.8 Å². The number of hydrogen-bond acceptors (Lipinski definition) is 3. The predicted molar refractivity (Wildman–Crippen MR) is 70.3 cm³/mol. The third kappa shape index (κ3) is 2.04. The molecule has 0 saturated carbocycles. The Labute approximate surface area is 109 Å². The van der Waals surface area contributed by atoms with Gasteiger partial charge >= 0.3 is 5.97 Å². The van der Waals surface area contributed by atoms with Crippen LogP contribution in [0.3, 0.4) is 0 Å². The lowest BCUT2D eigenvalue weighted by molar-refractivity contribution is 0.0691. The molecule has 92 valence electrons. The second kappa shape index (κ2) is 4.53. The summed E-state index contributed by atoms with van der Waals surface area (Å²) in [6.07, 6.45) is 3.09. The maximum Gasteiger partial charge on any atom is 0.355 e. The fourth-order valence-electron chi connectivity index (χ4n) is 2.48. The van der Waals surface area contributed by atoms with E-state index >= 15 is 0 Å². The molecule has 1 heterocycles. The lowest BCUT2D eigenvalue weighted by Gasteiger charge is -2.22. The van der Waals surface area contributed by atoms with Crippen molar-refractivity contribution in [2.45, 2.75) is 25.2 Å². The molecule has 1 aromatic carbocycles. The molecule has 1 atom stereocenters. The first-order valence-corrected chi connectivity index (χ1v) is 6.87. The van der Waals surface area contributed by atoms with Gasteiger partial charge in [0, 0.05) is 11.3 Å². The Kier molecular flexibility index (Phi) is 2.88.